The maximum absolute atomic E-state index is 12.7. The Kier molecular flexibility index (Phi) is 6.65. The molecular formula is C19H26N2O6. The topological polar surface area (TPSA) is 105 Å². The van der Waals surface area contributed by atoms with Gasteiger partial charge < -0.3 is 24.8 Å². The summed E-state index contributed by atoms with van der Waals surface area (Å²) in [5.74, 6) is -1.52. The zero-order valence-corrected chi connectivity index (χ0v) is 16.0. The molecule has 8 nitrogen and oxygen atoms in total. The molecule has 0 radical (unpaired) electrons. The van der Waals surface area contributed by atoms with Gasteiger partial charge in [0, 0.05) is 13.1 Å². The summed E-state index contributed by atoms with van der Waals surface area (Å²) in [6.45, 7) is 6.23. The Balaban J connectivity index is 2.23. The van der Waals surface area contributed by atoms with E-state index in [1.807, 2.05) is 20.8 Å². The van der Waals surface area contributed by atoms with Crippen LogP contribution in [0.25, 0.3) is 0 Å². The lowest BCUT2D eigenvalue weighted by molar-refractivity contribution is -0.143. The van der Waals surface area contributed by atoms with Gasteiger partial charge in [-0.15, -0.1) is 0 Å². The molecule has 1 aromatic rings. The van der Waals surface area contributed by atoms with Crippen LogP contribution >= 0.6 is 0 Å². The van der Waals surface area contributed by atoms with E-state index >= 15 is 0 Å². The van der Waals surface area contributed by atoms with Crippen molar-refractivity contribution in [1.82, 2.24) is 4.90 Å². The Hall–Kier alpha value is -2.77. The van der Waals surface area contributed by atoms with Crippen molar-refractivity contribution in [1.29, 1.82) is 0 Å². The van der Waals surface area contributed by atoms with Crippen LogP contribution < -0.4 is 10.1 Å². The molecule has 0 aromatic heterocycles. The summed E-state index contributed by atoms with van der Waals surface area (Å²) in [7, 11) is 1.28. The van der Waals surface area contributed by atoms with E-state index < -0.39 is 23.9 Å². The molecule has 1 saturated heterocycles. The van der Waals surface area contributed by atoms with Crippen LogP contribution in [-0.2, 0) is 9.53 Å². The van der Waals surface area contributed by atoms with Crippen LogP contribution in [0.5, 0.6) is 5.75 Å². The quantitative estimate of drug-likeness (QED) is 0.764. The number of carboxylic acid groups (broad SMARTS) is 1. The third kappa shape index (κ3) is 5.35. The lowest BCUT2D eigenvalue weighted by Crippen LogP contribution is -2.47. The Morgan fingerprint density at radius 2 is 1.96 bits per heavy atom. The summed E-state index contributed by atoms with van der Waals surface area (Å²) in [5.41, 5.74) is 0.612. The number of piperidine rings is 1. The van der Waals surface area contributed by atoms with Gasteiger partial charge in [0.2, 0.25) is 0 Å². The molecular weight excluding hydrogens is 352 g/mol. The number of aliphatic carboxylic acids is 1. The number of urea groups is 1. The van der Waals surface area contributed by atoms with Crippen LogP contribution in [-0.4, -0.2) is 54.3 Å². The first kappa shape index (κ1) is 20.5. The highest BCUT2D eigenvalue weighted by atomic mass is 16.5. The number of carbonyl (C=O) groups is 3. The average molecular weight is 378 g/mol. The van der Waals surface area contributed by atoms with Gasteiger partial charge in [-0.3, -0.25) is 4.79 Å². The van der Waals surface area contributed by atoms with Gasteiger partial charge in [-0.2, -0.15) is 0 Å². The molecule has 2 unspecified atom stereocenters. The van der Waals surface area contributed by atoms with Crippen molar-refractivity contribution in [2.45, 2.75) is 33.3 Å². The predicted molar refractivity (Wildman–Crippen MR) is 99.0 cm³/mol. The maximum atomic E-state index is 12.7. The Morgan fingerprint density at radius 1 is 1.26 bits per heavy atom. The molecule has 2 atom stereocenters. The van der Waals surface area contributed by atoms with E-state index in [9.17, 15) is 19.5 Å². The minimum atomic E-state index is -0.907. The van der Waals surface area contributed by atoms with Crippen molar-refractivity contribution >= 4 is 23.7 Å². The number of ether oxygens (including phenoxy) is 2. The first-order valence-corrected chi connectivity index (χ1v) is 8.89. The first-order chi connectivity index (χ1) is 12.7. The highest BCUT2D eigenvalue weighted by Gasteiger charge is 2.32. The van der Waals surface area contributed by atoms with Crippen molar-refractivity contribution in [2.24, 2.45) is 11.8 Å². The third-order valence-corrected chi connectivity index (χ3v) is 4.30. The molecule has 1 aromatic carbocycles. The molecule has 1 aliphatic heterocycles. The molecule has 2 amide bonds. The second-order valence-electron chi connectivity index (χ2n) is 7.08. The zero-order valence-electron chi connectivity index (χ0n) is 16.0. The van der Waals surface area contributed by atoms with Crippen LogP contribution in [0.1, 0.15) is 37.6 Å². The summed E-state index contributed by atoms with van der Waals surface area (Å²) in [4.78, 5) is 37.3. The van der Waals surface area contributed by atoms with E-state index in [-0.39, 0.29) is 24.1 Å². The van der Waals surface area contributed by atoms with E-state index in [4.69, 9.17) is 9.47 Å². The predicted octanol–water partition coefficient (Wildman–Crippen LogP) is 2.83. The number of likely N-dealkylation sites (tertiary alicyclic amines) is 1. The maximum Gasteiger partial charge on any atom is 0.337 e. The van der Waals surface area contributed by atoms with Crippen molar-refractivity contribution in [3.8, 4) is 5.75 Å². The van der Waals surface area contributed by atoms with Crippen LogP contribution in [0.15, 0.2) is 18.2 Å². The van der Waals surface area contributed by atoms with E-state index in [1.54, 1.807) is 12.1 Å². The number of carbonyl (C=O) groups excluding carboxylic acids is 2. The minimum Gasteiger partial charge on any atom is -0.489 e. The van der Waals surface area contributed by atoms with Gasteiger partial charge in [-0.05, 0) is 44.4 Å². The van der Waals surface area contributed by atoms with Gasteiger partial charge in [-0.25, -0.2) is 9.59 Å². The van der Waals surface area contributed by atoms with Crippen molar-refractivity contribution in [3.05, 3.63) is 23.8 Å². The molecule has 2 N–H and O–H groups in total. The van der Waals surface area contributed by atoms with E-state index in [0.717, 1.165) is 0 Å². The van der Waals surface area contributed by atoms with Gasteiger partial charge in [0.1, 0.15) is 5.75 Å². The number of anilines is 1. The Bertz CT molecular complexity index is 718. The lowest BCUT2D eigenvalue weighted by atomic mass is 9.91. The van der Waals surface area contributed by atoms with E-state index in [2.05, 4.69) is 5.32 Å². The summed E-state index contributed by atoms with van der Waals surface area (Å²) in [6, 6.07) is 4.22. The number of methoxy groups -OCH3 is 1. The molecule has 1 aliphatic rings. The van der Waals surface area contributed by atoms with Gasteiger partial charge in [0.15, 0.2) is 0 Å². The molecule has 148 valence electrons. The smallest absolute Gasteiger partial charge is 0.337 e. The second-order valence-corrected chi connectivity index (χ2v) is 7.08. The number of hydrogen-bond acceptors (Lipinski definition) is 5. The Morgan fingerprint density at radius 3 is 2.56 bits per heavy atom. The van der Waals surface area contributed by atoms with E-state index in [1.165, 1.54) is 18.1 Å². The monoisotopic (exact) mass is 378 g/mol. The van der Waals surface area contributed by atoms with Gasteiger partial charge in [0.05, 0.1) is 30.4 Å². The standard InChI is InChI=1S/C19H26N2O6/c1-11(2)27-16-6-5-13(18(24)26-4)8-15(16)20-19(25)21-9-12(3)7-14(10-21)17(22)23/h5-6,8,11-12,14H,7,9-10H2,1-4H3,(H,20,25)(H,22,23). The minimum absolute atomic E-state index is 0.0818. The van der Waals surface area contributed by atoms with Gasteiger partial charge >= 0.3 is 18.0 Å². The highest BCUT2D eigenvalue weighted by molar-refractivity contribution is 5.95. The van der Waals surface area contributed by atoms with Crippen molar-refractivity contribution in [2.75, 3.05) is 25.5 Å². The average Bonchev–Trinajstić information content (AvgIpc) is 2.61. The molecule has 8 heteroatoms. The largest absolute Gasteiger partial charge is 0.489 e. The number of nitrogens with one attached hydrogen (secondary N) is 1. The number of benzene rings is 1. The Labute approximate surface area is 158 Å². The van der Waals surface area contributed by atoms with Gasteiger partial charge in [0.25, 0.3) is 0 Å². The highest BCUT2D eigenvalue weighted by Crippen LogP contribution is 2.29. The number of nitrogens with zero attached hydrogens (tertiary/aromatic N) is 1. The van der Waals surface area contributed by atoms with Crippen molar-refractivity contribution < 1.29 is 29.0 Å². The second kappa shape index (κ2) is 8.75. The van der Waals surface area contributed by atoms with Crippen LogP contribution in [0.2, 0.25) is 0 Å². The fraction of sp³-hybridized carbons (Fsp3) is 0.526. The number of esters is 1. The number of rotatable bonds is 5. The van der Waals surface area contributed by atoms with Gasteiger partial charge in [-0.1, -0.05) is 6.92 Å². The molecule has 0 saturated carbocycles. The van der Waals surface area contributed by atoms with Crippen molar-refractivity contribution in [3.63, 3.8) is 0 Å². The first-order valence-electron chi connectivity index (χ1n) is 8.89. The normalized spacial score (nSPS) is 19.5. The summed E-state index contributed by atoms with van der Waals surface area (Å²) in [6.07, 6.45) is 0.412. The molecule has 27 heavy (non-hydrogen) atoms. The number of hydrogen-bond donors (Lipinski definition) is 2. The zero-order chi connectivity index (χ0) is 20.1. The summed E-state index contributed by atoms with van der Waals surface area (Å²) in [5, 5.41) is 12.0. The molecule has 0 bridgehead atoms. The fourth-order valence-electron chi connectivity index (χ4n) is 3.12. The van der Waals surface area contributed by atoms with Crippen LogP contribution in [0.4, 0.5) is 10.5 Å². The SMILES string of the molecule is COC(=O)c1ccc(OC(C)C)c(NC(=O)N2CC(C)CC(C(=O)O)C2)c1. The van der Waals surface area contributed by atoms with Crippen LogP contribution in [0.3, 0.4) is 0 Å². The molecule has 1 heterocycles. The molecule has 0 spiro atoms. The summed E-state index contributed by atoms with van der Waals surface area (Å²) >= 11 is 0. The number of amides is 2. The molecule has 1 fully saturated rings. The van der Waals surface area contributed by atoms with E-state index in [0.29, 0.717) is 24.4 Å². The summed E-state index contributed by atoms with van der Waals surface area (Å²) < 4.78 is 10.4. The fourth-order valence-corrected chi connectivity index (χ4v) is 3.12. The molecule has 0 aliphatic carbocycles. The van der Waals surface area contributed by atoms with Crippen LogP contribution in [0, 0.1) is 11.8 Å². The number of carboxylic acids is 1. The molecule has 2 rings (SSSR count). The lowest BCUT2D eigenvalue weighted by Gasteiger charge is -2.34. The third-order valence-electron chi connectivity index (χ3n) is 4.30.